The lowest BCUT2D eigenvalue weighted by molar-refractivity contribution is 0.707. The molecule has 1 aliphatic rings. The summed E-state index contributed by atoms with van der Waals surface area (Å²) in [6.07, 6.45) is 4.21. The van der Waals surface area contributed by atoms with Crippen LogP contribution in [0.2, 0.25) is 0 Å². The molecule has 0 saturated heterocycles. The van der Waals surface area contributed by atoms with Gasteiger partial charge in [0.2, 0.25) is 0 Å². The third-order valence-electron chi connectivity index (χ3n) is 3.06. The van der Waals surface area contributed by atoms with Crippen LogP contribution in [0.5, 0.6) is 0 Å². The van der Waals surface area contributed by atoms with Gasteiger partial charge < -0.3 is 4.57 Å². The number of aromatic nitrogens is 1. The van der Waals surface area contributed by atoms with E-state index in [1.807, 2.05) is 29.0 Å². The Balaban J connectivity index is 2.16. The second-order valence-electron chi connectivity index (χ2n) is 4.38. The molecule has 17 heavy (non-hydrogen) atoms. The van der Waals surface area contributed by atoms with E-state index in [1.54, 1.807) is 6.07 Å². The summed E-state index contributed by atoms with van der Waals surface area (Å²) in [5, 5.41) is 0. The number of nitrogens with zero attached hydrogens (tertiary/aromatic N) is 1. The predicted octanol–water partition coefficient (Wildman–Crippen LogP) is 3.61. The zero-order valence-electron chi connectivity index (χ0n) is 9.27. The second-order valence-corrected chi connectivity index (χ2v) is 5.23. The molecule has 0 N–H and O–H groups in total. The number of pyridine rings is 1. The maximum atomic E-state index is 11.8. The van der Waals surface area contributed by atoms with Crippen molar-refractivity contribution in [3.8, 4) is 11.1 Å². The molecule has 1 aliphatic carbocycles. The number of rotatable bonds is 2. The molecular formula is C14H12BrNO. The molecule has 0 radical (unpaired) electrons. The Hall–Kier alpha value is -1.35. The molecule has 1 heterocycles. The summed E-state index contributed by atoms with van der Waals surface area (Å²) >= 11 is 3.47. The normalized spacial score (nSPS) is 14.9. The van der Waals surface area contributed by atoms with Crippen LogP contribution in [0.3, 0.4) is 0 Å². The van der Waals surface area contributed by atoms with Crippen LogP contribution < -0.4 is 5.56 Å². The van der Waals surface area contributed by atoms with Crippen LogP contribution in [0, 0.1) is 0 Å². The predicted molar refractivity (Wildman–Crippen MR) is 72.1 cm³/mol. The van der Waals surface area contributed by atoms with E-state index in [2.05, 4.69) is 28.1 Å². The standard InChI is InChI=1S/C14H12BrNO/c15-13-8-14(17)16(11-6-7-11)9-12(13)10-4-2-1-3-5-10/h1-5,8-9,11H,6-7H2. The smallest absolute Gasteiger partial charge is 0.251 e. The van der Waals surface area contributed by atoms with Crippen LogP contribution in [0.25, 0.3) is 11.1 Å². The van der Waals surface area contributed by atoms with E-state index in [-0.39, 0.29) is 5.56 Å². The Morgan fingerprint density at radius 1 is 1.18 bits per heavy atom. The van der Waals surface area contributed by atoms with Crippen LogP contribution in [0.1, 0.15) is 18.9 Å². The summed E-state index contributed by atoms with van der Waals surface area (Å²) in [4.78, 5) is 11.8. The molecule has 1 fully saturated rings. The Kier molecular flexibility index (Phi) is 2.63. The van der Waals surface area contributed by atoms with Crippen molar-refractivity contribution >= 4 is 15.9 Å². The lowest BCUT2D eigenvalue weighted by atomic mass is 10.1. The van der Waals surface area contributed by atoms with Gasteiger partial charge in [0, 0.05) is 28.3 Å². The molecule has 0 unspecified atom stereocenters. The minimum absolute atomic E-state index is 0.0825. The van der Waals surface area contributed by atoms with Gasteiger partial charge in [0.05, 0.1) is 0 Å². The zero-order chi connectivity index (χ0) is 11.8. The fourth-order valence-electron chi connectivity index (χ4n) is 1.99. The molecule has 2 nitrogen and oxygen atoms in total. The monoisotopic (exact) mass is 289 g/mol. The van der Waals surface area contributed by atoms with E-state index >= 15 is 0 Å². The lowest BCUT2D eigenvalue weighted by Crippen LogP contribution is -2.17. The number of hydrogen-bond acceptors (Lipinski definition) is 1. The third-order valence-corrected chi connectivity index (χ3v) is 3.71. The molecule has 86 valence electrons. The van der Waals surface area contributed by atoms with Crippen LogP contribution in [-0.4, -0.2) is 4.57 Å². The van der Waals surface area contributed by atoms with Crippen LogP contribution >= 0.6 is 15.9 Å². The van der Waals surface area contributed by atoms with Gasteiger partial charge in [-0.05, 0) is 34.3 Å². The summed E-state index contributed by atoms with van der Waals surface area (Å²) in [7, 11) is 0. The van der Waals surface area contributed by atoms with Crippen molar-refractivity contribution in [1.29, 1.82) is 0 Å². The molecular weight excluding hydrogens is 278 g/mol. The molecule has 1 aromatic heterocycles. The van der Waals surface area contributed by atoms with Gasteiger partial charge in [0.1, 0.15) is 0 Å². The quantitative estimate of drug-likeness (QED) is 0.828. The van der Waals surface area contributed by atoms with Gasteiger partial charge >= 0.3 is 0 Å². The molecule has 0 amide bonds. The summed E-state index contributed by atoms with van der Waals surface area (Å²) in [6, 6.07) is 12.2. The highest BCUT2D eigenvalue weighted by molar-refractivity contribution is 9.10. The number of hydrogen-bond donors (Lipinski definition) is 0. The van der Waals surface area contributed by atoms with Crippen molar-refractivity contribution in [1.82, 2.24) is 4.57 Å². The van der Waals surface area contributed by atoms with Crippen LogP contribution in [0.4, 0.5) is 0 Å². The highest BCUT2D eigenvalue weighted by Gasteiger charge is 2.25. The van der Waals surface area contributed by atoms with Crippen LogP contribution in [0.15, 0.2) is 51.9 Å². The molecule has 0 bridgehead atoms. The van der Waals surface area contributed by atoms with E-state index in [4.69, 9.17) is 0 Å². The van der Waals surface area contributed by atoms with E-state index in [0.29, 0.717) is 6.04 Å². The van der Waals surface area contributed by atoms with Gasteiger partial charge in [-0.15, -0.1) is 0 Å². The summed E-state index contributed by atoms with van der Waals surface area (Å²) in [5.74, 6) is 0. The highest BCUT2D eigenvalue weighted by Crippen LogP contribution is 2.35. The number of halogens is 1. The Morgan fingerprint density at radius 3 is 2.53 bits per heavy atom. The SMILES string of the molecule is O=c1cc(Br)c(-c2ccccc2)cn1C1CC1. The van der Waals surface area contributed by atoms with Crippen molar-refractivity contribution in [2.24, 2.45) is 0 Å². The molecule has 3 heteroatoms. The first kappa shape index (κ1) is 10.8. The zero-order valence-corrected chi connectivity index (χ0v) is 10.9. The van der Waals surface area contributed by atoms with Crippen molar-refractivity contribution in [3.63, 3.8) is 0 Å². The third kappa shape index (κ3) is 2.07. The second kappa shape index (κ2) is 4.15. The van der Waals surface area contributed by atoms with Crippen molar-refractivity contribution < 1.29 is 0 Å². The molecule has 0 atom stereocenters. The van der Waals surface area contributed by atoms with E-state index < -0.39 is 0 Å². The van der Waals surface area contributed by atoms with Gasteiger partial charge in [-0.2, -0.15) is 0 Å². The highest BCUT2D eigenvalue weighted by atomic mass is 79.9. The van der Waals surface area contributed by atoms with Gasteiger partial charge in [-0.3, -0.25) is 4.79 Å². The Morgan fingerprint density at radius 2 is 1.88 bits per heavy atom. The molecule has 0 aliphatic heterocycles. The van der Waals surface area contributed by atoms with Gasteiger partial charge in [0.15, 0.2) is 0 Å². The van der Waals surface area contributed by atoms with E-state index in [9.17, 15) is 4.79 Å². The van der Waals surface area contributed by atoms with Crippen molar-refractivity contribution in [2.45, 2.75) is 18.9 Å². The van der Waals surface area contributed by atoms with Gasteiger partial charge in [-0.25, -0.2) is 0 Å². The molecule has 0 spiro atoms. The first-order chi connectivity index (χ1) is 8.25. The fourth-order valence-corrected chi connectivity index (χ4v) is 2.52. The summed E-state index contributed by atoms with van der Waals surface area (Å²) in [6.45, 7) is 0. The number of benzene rings is 1. The van der Waals surface area contributed by atoms with Crippen molar-refractivity contribution in [2.75, 3.05) is 0 Å². The summed E-state index contributed by atoms with van der Waals surface area (Å²) < 4.78 is 2.72. The minimum Gasteiger partial charge on any atom is -0.312 e. The lowest BCUT2D eigenvalue weighted by Gasteiger charge is -2.09. The summed E-state index contributed by atoms with van der Waals surface area (Å²) in [5.41, 5.74) is 2.30. The first-order valence-electron chi connectivity index (χ1n) is 5.73. The largest absolute Gasteiger partial charge is 0.312 e. The Labute approximate surface area is 108 Å². The maximum Gasteiger partial charge on any atom is 0.251 e. The van der Waals surface area contributed by atoms with Crippen LogP contribution in [-0.2, 0) is 0 Å². The molecule has 3 rings (SSSR count). The molecule has 1 saturated carbocycles. The minimum atomic E-state index is 0.0825. The topological polar surface area (TPSA) is 22.0 Å². The fraction of sp³-hybridized carbons (Fsp3) is 0.214. The Bertz CT molecular complexity index is 599. The van der Waals surface area contributed by atoms with Gasteiger partial charge in [0.25, 0.3) is 5.56 Å². The van der Waals surface area contributed by atoms with Crippen molar-refractivity contribution in [3.05, 3.63) is 57.4 Å². The molecule has 2 aromatic rings. The molecule has 1 aromatic carbocycles. The van der Waals surface area contributed by atoms with E-state index in [1.165, 1.54) is 0 Å². The maximum absolute atomic E-state index is 11.8. The van der Waals surface area contributed by atoms with Gasteiger partial charge in [-0.1, -0.05) is 30.3 Å². The van der Waals surface area contributed by atoms with E-state index in [0.717, 1.165) is 28.4 Å². The average Bonchev–Trinajstić information content (AvgIpc) is 3.14. The average molecular weight is 290 g/mol. The first-order valence-corrected chi connectivity index (χ1v) is 6.52.